The van der Waals surface area contributed by atoms with Crippen LogP contribution >= 0.6 is 0 Å². The van der Waals surface area contributed by atoms with E-state index in [0.717, 1.165) is 29.9 Å². The van der Waals surface area contributed by atoms with E-state index in [1.54, 1.807) is 0 Å². The van der Waals surface area contributed by atoms with Gasteiger partial charge in [-0.2, -0.15) is 0 Å². The van der Waals surface area contributed by atoms with E-state index in [1.165, 1.54) is 0 Å². The second-order valence-corrected chi connectivity index (χ2v) is 8.93. The van der Waals surface area contributed by atoms with Crippen LogP contribution in [0.25, 0.3) is 0 Å². The summed E-state index contributed by atoms with van der Waals surface area (Å²) in [6, 6.07) is 2.01. The van der Waals surface area contributed by atoms with Gasteiger partial charge in [-0.1, -0.05) is 13.8 Å². The lowest BCUT2D eigenvalue weighted by atomic mass is 9.74. The molecular formula is C20H32N2O4. The number of alkyl carbamates (subject to hydrolysis) is 1. The molecule has 0 saturated carbocycles. The molecule has 2 rings (SSSR count). The minimum Gasteiger partial charge on any atom is -0.466 e. The zero-order valence-electron chi connectivity index (χ0n) is 16.8. The summed E-state index contributed by atoms with van der Waals surface area (Å²) >= 11 is 0. The van der Waals surface area contributed by atoms with E-state index in [-0.39, 0.29) is 17.4 Å². The van der Waals surface area contributed by atoms with E-state index >= 15 is 0 Å². The second kappa shape index (κ2) is 7.72. The fourth-order valence-electron chi connectivity index (χ4n) is 3.33. The highest BCUT2D eigenvalue weighted by molar-refractivity contribution is 5.76. The van der Waals surface area contributed by atoms with Crippen molar-refractivity contribution in [1.29, 1.82) is 0 Å². The van der Waals surface area contributed by atoms with Crippen LogP contribution in [-0.4, -0.2) is 24.1 Å². The topological polar surface area (TPSA) is 80.6 Å². The highest BCUT2D eigenvalue weighted by Crippen LogP contribution is 2.42. The Morgan fingerprint density at radius 2 is 2.04 bits per heavy atom. The number of carbonyl (C=O) groups excluding carboxylic acids is 2. The molecule has 2 N–H and O–H groups in total. The van der Waals surface area contributed by atoms with Crippen molar-refractivity contribution in [2.75, 3.05) is 6.54 Å². The van der Waals surface area contributed by atoms with E-state index in [1.807, 2.05) is 33.8 Å². The lowest BCUT2D eigenvalue weighted by Crippen LogP contribution is -2.36. The molecule has 1 aromatic heterocycles. The van der Waals surface area contributed by atoms with Crippen LogP contribution in [0.3, 0.4) is 0 Å². The number of furan rings is 1. The molecule has 146 valence electrons. The molecule has 0 aliphatic heterocycles. The van der Waals surface area contributed by atoms with Crippen molar-refractivity contribution in [1.82, 2.24) is 10.6 Å². The van der Waals surface area contributed by atoms with Crippen LogP contribution in [-0.2, 0) is 16.0 Å². The average molecular weight is 364 g/mol. The summed E-state index contributed by atoms with van der Waals surface area (Å²) in [6.45, 7) is 12.2. The van der Waals surface area contributed by atoms with E-state index in [9.17, 15) is 9.59 Å². The van der Waals surface area contributed by atoms with Crippen LogP contribution in [0.5, 0.6) is 0 Å². The predicted octanol–water partition coefficient (Wildman–Crippen LogP) is 4.02. The molecule has 0 fully saturated rings. The molecule has 0 saturated heterocycles. The van der Waals surface area contributed by atoms with Gasteiger partial charge in [-0.3, -0.25) is 4.79 Å². The monoisotopic (exact) mass is 364 g/mol. The predicted molar refractivity (Wildman–Crippen MR) is 99.9 cm³/mol. The lowest BCUT2D eigenvalue weighted by molar-refractivity contribution is -0.122. The Morgan fingerprint density at radius 1 is 1.35 bits per heavy atom. The van der Waals surface area contributed by atoms with Crippen LogP contribution in [0.4, 0.5) is 4.79 Å². The first-order valence-electron chi connectivity index (χ1n) is 9.31. The van der Waals surface area contributed by atoms with Gasteiger partial charge in [-0.25, -0.2) is 4.79 Å². The number of rotatable bonds is 5. The molecule has 1 aliphatic rings. The molecule has 1 heterocycles. The van der Waals surface area contributed by atoms with Gasteiger partial charge in [0.25, 0.3) is 0 Å². The molecule has 0 spiro atoms. The maximum atomic E-state index is 12.3. The van der Waals surface area contributed by atoms with Gasteiger partial charge in [0.05, 0.1) is 6.04 Å². The van der Waals surface area contributed by atoms with Gasteiger partial charge in [0.15, 0.2) is 0 Å². The van der Waals surface area contributed by atoms with Crippen molar-refractivity contribution in [3.63, 3.8) is 0 Å². The normalized spacial score (nSPS) is 18.8. The van der Waals surface area contributed by atoms with E-state index in [2.05, 4.69) is 24.5 Å². The Bertz CT molecular complexity index is 655. The van der Waals surface area contributed by atoms with Crippen LogP contribution in [0.2, 0.25) is 0 Å². The van der Waals surface area contributed by atoms with Crippen molar-refractivity contribution < 1.29 is 18.7 Å². The lowest BCUT2D eigenvalue weighted by Gasteiger charge is -2.34. The van der Waals surface area contributed by atoms with Gasteiger partial charge in [0, 0.05) is 24.9 Å². The van der Waals surface area contributed by atoms with Gasteiger partial charge in [0.2, 0.25) is 5.91 Å². The summed E-state index contributed by atoms with van der Waals surface area (Å²) in [6.07, 6.45) is 2.26. The number of ether oxygens (including phenoxy) is 1. The largest absolute Gasteiger partial charge is 0.466 e. The summed E-state index contributed by atoms with van der Waals surface area (Å²) in [5.74, 6) is 1.85. The van der Waals surface area contributed by atoms with Crippen molar-refractivity contribution >= 4 is 12.0 Å². The summed E-state index contributed by atoms with van der Waals surface area (Å²) in [4.78, 5) is 23.9. The van der Waals surface area contributed by atoms with Gasteiger partial charge < -0.3 is 19.8 Å². The van der Waals surface area contributed by atoms with Crippen LogP contribution in [0, 0.1) is 12.3 Å². The molecular weight excluding hydrogens is 332 g/mol. The Labute approximate surface area is 156 Å². The molecule has 0 bridgehead atoms. The van der Waals surface area contributed by atoms with Gasteiger partial charge in [0.1, 0.15) is 17.1 Å². The summed E-state index contributed by atoms with van der Waals surface area (Å²) in [5.41, 5.74) is 0.672. The molecule has 0 aromatic carbocycles. The third kappa shape index (κ3) is 6.07. The molecule has 2 amide bonds. The Balaban J connectivity index is 1.80. The first-order chi connectivity index (χ1) is 12.0. The fourth-order valence-corrected chi connectivity index (χ4v) is 3.33. The van der Waals surface area contributed by atoms with Crippen molar-refractivity contribution in [3.8, 4) is 0 Å². The van der Waals surface area contributed by atoms with Gasteiger partial charge in [-0.15, -0.1) is 0 Å². The third-order valence-corrected chi connectivity index (χ3v) is 4.32. The maximum Gasteiger partial charge on any atom is 0.407 e. The Hall–Kier alpha value is -1.98. The van der Waals surface area contributed by atoms with Gasteiger partial charge >= 0.3 is 6.09 Å². The molecule has 1 aliphatic carbocycles. The maximum absolute atomic E-state index is 12.3. The number of hydrogen-bond donors (Lipinski definition) is 2. The molecule has 1 aromatic rings. The van der Waals surface area contributed by atoms with Crippen molar-refractivity contribution in [2.24, 2.45) is 5.41 Å². The first kappa shape index (κ1) is 20.3. The molecule has 1 unspecified atom stereocenters. The first-order valence-corrected chi connectivity index (χ1v) is 9.31. The molecule has 26 heavy (non-hydrogen) atoms. The molecule has 6 nitrogen and oxygen atoms in total. The van der Waals surface area contributed by atoms with Gasteiger partial charge in [-0.05, 0) is 52.0 Å². The number of fused-ring (bicyclic) bond motifs is 1. The highest BCUT2D eigenvalue weighted by atomic mass is 16.6. The quantitative estimate of drug-likeness (QED) is 0.773. The molecule has 1 atom stereocenters. The summed E-state index contributed by atoms with van der Waals surface area (Å²) < 4.78 is 11.0. The minimum absolute atomic E-state index is 0.0107. The van der Waals surface area contributed by atoms with Crippen LogP contribution in [0.15, 0.2) is 10.5 Å². The summed E-state index contributed by atoms with van der Waals surface area (Å²) in [7, 11) is 0. The van der Waals surface area contributed by atoms with E-state index in [4.69, 9.17) is 9.15 Å². The third-order valence-electron chi connectivity index (χ3n) is 4.32. The smallest absolute Gasteiger partial charge is 0.407 e. The highest BCUT2D eigenvalue weighted by Gasteiger charge is 2.35. The fraction of sp³-hybridized carbons (Fsp3) is 0.700. The average Bonchev–Trinajstić information content (AvgIpc) is 2.80. The SMILES string of the molecule is Cc1cc2c(o1)CC(C)(C)CC2NC(=O)CCCNC(=O)OC(C)(C)C. The van der Waals surface area contributed by atoms with E-state index in [0.29, 0.717) is 19.4 Å². The van der Waals surface area contributed by atoms with Crippen molar-refractivity contribution in [2.45, 2.75) is 78.9 Å². The number of amides is 2. The van der Waals surface area contributed by atoms with Crippen LogP contribution in [0.1, 0.15) is 77.0 Å². The number of nitrogens with one attached hydrogen (secondary N) is 2. The Morgan fingerprint density at radius 3 is 2.69 bits per heavy atom. The van der Waals surface area contributed by atoms with Crippen molar-refractivity contribution in [3.05, 3.63) is 23.2 Å². The molecule has 0 radical (unpaired) electrons. The van der Waals surface area contributed by atoms with Crippen LogP contribution < -0.4 is 10.6 Å². The zero-order chi connectivity index (χ0) is 19.5. The minimum atomic E-state index is -0.518. The van der Waals surface area contributed by atoms with E-state index < -0.39 is 11.7 Å². The molecule has 6 heteroatoms. The zero-order valence-corrected chi connectivity index (χ0v) is 16.8. The standard InChI is InChI=1S/C20H32N2O4/c1-13-10-14-15(11-20(5,6)12-16(14)25-13)22-17(23)8-7-9-21-18(24)26-19(2,3)4/h10,15H,7-9,11-12H2,1-6H3,(H,21,24)(H,22,23). The number of carbonyl (C=O) groups is 2. The Kier molecular flexibility index (Phi) is 6.04. The second-order valence-electron chi connectivity index (χ2n) is 8.93. The number of aryl methyl sites for hydroxylation is 1. The summed E-state index contributed by atoms with van der Waals surface area (Å²) in [5, 5.41) is 5.80. The number of hydrogen-bond acceptors (Lipinski definition) is 4.